The van der Waals surface area contributed by atoms with Crippen molar-refractivity contribution in [3.05, 3.63) is 47.3 Å². The molecular formula is C13H16N2O. The summed E-state index contributed by atoms with van der Waals surface area (Å²) in [4.78, 5) is 0. The molecule has 0 aliphatic heterocycles. The monoisotopic (exact) mass is 216 g/mol. The van der Waals surface area contributed by atoms with Crippen LogP contribution >= 0.6 is 0 Å². The van der Waals surface area contributed by atoms with E-state index in [1.807, 2.05) is 36.7 Å². The first-order valence-electron chi connectivity index (χ1n) is 5.51. The van der Waals surface area contributed by atoms with E-state index in [4.69, 9.17) is 0 Å². The van der Waals surface area contributed by atoms with Gasteiger partial charge in [0.05, 0.1) is 12.2 Å². The molecule has 16 heavy (non-hydrogen) atoms. The predicted octanol–water partition coefficient (Wildman–Crippen LogP) is 2.51. The van der Waals surface area contributed by atoms with Crippen LogP contribution in [0.2, 0.25) is 0 Å². The number of nitrogens with zero attached hydrogens (tertiary/aromatic N) is 2. The van der Waals surface area contributed by atoms with E-state index >= 15 is 0 Å². The molecule has 0 fully saturated rings. The Morgan fingerprint density at radius 1 is 1.25 bits per heavy atom. The molecule has 84 valence electrons. The Labute approximate surface area is 95.3 Å². The summed E-state index contributed by atoms with van der Waals surface area (Å²) in [5.41, 5.74) is 2.80. The van der Waals surface area contributed by atoms with Crippen molar-refractivity contribution in [2.45, 2.75) is 26.8 Å². The van der Waals surface area contributed by atoms with Crippen molar-refractivity contribution in [2.24, 2.45) is 0 Å². The third kappa shape index (κ3) is 1.94. The average Bonchev–Trinajstić information content (AvgIpc) is 2.58. The molecule has 0 radical (unpaired) electrons. The Kier molecular flexibility index (Phi) is 2.95. The van der Waals surface area contributed by atoms with Crippen LogP contribution in [0.4, 0.5) is 0 Å². The van der Waals surface area contributed by atoms with Crippen molar-refractivity contribution in [1.82, 2.24) is 9.78 Å². The van der Waals surface area contributed by atoms with E-state index in [-0.39, 0.29) is 0 Å². The normalized spacial score (nSPS) is 10.6. The van der Waals surface area contributed by atoms with Gasteiger partial charge in [-0.3, -0.25) is 4.68 Å². The highest BCUT2D eigenvalue weighted by Gasteiger charge is 2.11. The maximum absolute atomic E-state index is 9.81. The number of benzene rings is 1. The summed E-state index contributed by atoms with van der Waals surface area (Å²) in [6, 6.07) is 10.1. The molecule has 0 amide bonds. The summed E-state index contributed by atoms with van der Waals surface area (Å²) in [7, 11) is 0. The molecule has 0 unspecified atom stereocenters. The number of hydrogen-bond donors (Lipinski definition) is 1. The van der Waals surface area contributed by atoms with Crippen LogP contribution in [0.25, 0.3) is 0 Å². The van der Waals surface area contributed by atoms with Gasteiger partial charge in [-0.2, -0.15) is 5.10 Å². The van der Waals surface area contributed by atoms with Gasteiger partial charge in [-0.05, 0) is 18.9 Å². The van der Waals surface area contributed by atoms with E-state index in [9.17, 15) is 5.11 Å². The van der Waals surface area contributed by atoms with Crippen LogP contribution in [0.15, 0.2) is 30.3 Å². The molecule has 0 bridgehead atoms. The number of hydrogen-bond acceptors (Lipinski definition) is 2. The molecule has 0 saturated carbocycles. The molecule has 0 atom stereocenters. The van der Waals surface area contributed by atoms with E-state index < -0.39 is 0 Å². The Balaban J connectivity index is 2.29. The Bertz CT molecular complexity index is 474. The van der Waals surface area contributed by atoms with E-state index in [0.717, 1.165) is 17.8 Å². The Hall–Kier alpha value is -1.77. The lowest BCUT2D eigenvalue weighted by Crippen LogP contribution is -2.03. The van der Waals surface area contributed by atoms with Gasteiger partial charge in [0.2, 0.25) is 0 Å². The Morgan fingerprint density at radius 3 is 2.50 bits per heavy atom. The first-order chi connectivity index (χ1) is 7.72. The minimum atomic E-state index is 0.332. The molecule has 1 aromatic heterocycles. The van der Waals surface area contributed by atoms with Crippen molar-refractivity contribution < 1.29 is 5.11 Å². The van der Waals surface area contributed by atoms with E-state index in [2.05, 4.69) is 17.2 Å². The second-order valence-electron chi connectivity index (χ2n) is 3.88. The summed E-state index contributed by atoms with van der Waals surface area (Å²) < 4.78 is 1.85. The van der Waals surface area contributed by atoms with Crippen molar-refractivity contribution in [2.75, 3.05) is 0 Å². The zero-order valence-electron chi connectivity index (χ0n) is 9.64. The van der Waals surface area contributed by atoms with Gasteiger partial charge in [0.25, 0.3) is 0 Å². The summed E-state index contributed by atoms with van der Waals surface area (Å²) in [6.45, 7) is 4.60. The van der Waals surface area contributed by atoms with Crippen LogP contribution < -0.4 is 0 Å². The SMILES string of the molecule is CCc1nn(Cc2ccccc2)c(C)c1O. The summed E-state index contributed by atoms with van der Waals surface area (Å²) >= 11 is 0. The molecule has 1 N–H and O–H groups in total. The lowest BCUT2D eigenvalue weighted by Gasteiger charge is -2.03. The standard InChI is InChI=1S/C13H16N2O/c1-3-12-13(16)10(2)15(14-12)9-11-7-5-4-6-8-11/h4-8,16H,3,9H2,1-2H3. The first-order valence-corrected chi connectivity index (χ1v) is 5.51. The lowest BCUT2D eigenvalue weighted by molar-refractivity contribution is 0.463. The maximum Gasteiger partial charge on any atom is 0.159 e. The third-order valence-electron chi connectivity index (χ3n) is 2.75. The molecule has 0 saturated heterocycles. The number of aryl methyl sites for hydroxylation is 1. The van der Waals surface area contributed by atoms with Crippen molar-refractivity contribution in [3.63, 3.8) is 0 Å². The van der Waals surface area contributed by atoms with Gasteiger partial charge in [-0.1, -0.05) is 37.3 Å². The number of aromatic hydroxyl groups is 1. The minimum Gasteiger partial charge on any atom is -0.504 e. The maximum atomic E-state index is 9.81. The largest absolute Gasteiger partial charge is 0.504 e. The molecule has 1 aromatic carbocycles. The Morgan fingerprint density at radius 2 is 1.94 bits per heavy atom. The molecule has 3 nitrogen and oxygen atoms in total. The fraction of sp³-hybridized carbons (Fsp3) is 0.308. The molecule has 0 spiro atoms. The second kappa shape index (κ2) is 4.39. The zero-order chi connectivity index (χ0) is 11.5. The van der Waals surface area contributed by atoms with Gasteiger partial charge in [-0.25, -0.2) is 0 Å². The quantitative estimate of drug-likeness (QED) is 0.856. The average molecular weight is 216 g/mol. The summed E-state index contributed by atoms with van der Waals surface area (Å²) in [5.74, 6) is 0.332. The van der Waals surface area contributed by atoms with E-state index in [1.54, 1.807) is 0 Å². The summed E-state index contributed by atoms with van der Waals surface area (Å²) in [5, 5.41) is 14.2. The van der Waals surface area contributed by atoms with Crippen LogP contribution in [-0.4, -0.2) is 14.9 Å². The highest BCUT2D eigenvalue weighted by molar-refractivity contribution is 5.31. The summed E-state index contributed by atoms with van der Waals surface area (Å²) in [6.07, 6.45) is 0.758. The molecule has 2 aromatic rings. The van der Waals surface area contributed by atoms with Gasteiger partial charge >= 0.3 is 0 Å². The highest BCUT2D eigenvalue weighted by atomic mass is 16.3. The smallest absolute Gasteiger partial charge is 0.159 e. The molecule has 1 heterocycles. The topological polar surface area (TPSA) is 38.0 Å². The highest BCUT2D eigenvalue weighted by Crippen LogP contribution is 2.22. The van der Waals surface area contributed by atoms with E-state index in [0.29, 0.717) is 12.3 Å². The van der Waals surface area contributed by atoms with Gasteiger partial charge in [0.15, 0.2) is 5.75 Å². The van der Waals surface area contributed by atoms with E-state index in [1.165, 1.54) is 5.56 Å². The molecule has 0 aliphatic carbocycles. The molecule has 2 rings (SSSR count). The fourth-order valence-electron chi connectivity index (χ4n) is 1.75. The second-order valence-corrected chi connectivity index (χ2v) is 3.88. The zero-order valence-corrected chi connectivity index (χ0v) is 9.64. The third-order valence-corrected chi connectivity index (χ3v) is 2.75. The van der Waals surface area contributed by atoms with Crippen LogP contribution in [0, 0.1) is 6.92 Å². The van der Waals surface area contributed by atoms with Crippen molar-refractivity contribution >= 4 is 0 Å². The molecular weight excluding hydrogens is 200 g/mol. The van der Waals surface area contributed by atoms with Gasteiger partial charge in [0, 0.05) is 0 Å². The lowest BCUT2D eigenvalue weighted by atomic mass is 10.2. The van der Waals surface area contributed by atoms with Crippen LogP contribution in [0.3, 0.4) is 0 Å². The molecule has 0 aliphatic rings. The first kappa shape index (κ1) is 10.7. The molecule has 3 heteroatoms. The van der Waals surface area contributed by atoms with Gasteiger partial charge in [-0.15, -0.1) is 0 Å². The van der Waals surface area contributed by atoms with Crippen LogP contribution in [0.1, 0.15) is 23.9 Å². The fourth-order valence-corrected chi connectivity index (χ4v) is 1.75. The van der Waals surface area contributed by atoms with Gasteiger partial charge < -0.3 is 5.11 Å². The van der Waals surface area contributed by atoms with Crippen LogP contribution in [0.5, 0.6) is 5.75 Å². The van der Waals surface area contributed by atoms with Crippen molar-refractivity contribution in [1.29, 1.82) is 0 Å². The van der Waals surface area contributed by atoms with Gasteiger partial charge in [0.1, 0.15) is 5.69 Å². The van der Waals surface area contributed by atoms with Crippen molar-refractivity contribution in [3.8, 4) is 5.75 Å². The predicted molar refractivity (Wildman–Crippen MR) is 63.6 cm³/mol. The number of aromatic nitrogens is 2. The van der Waals surface area contributed by atoms with Crippen LogP contribution in [-0.2, 0) is 13.0 Å². The number of rotatable bonds is 3. The minimum absolute atomic E-state index is 0.332.